The molecule has 0 N–H and O–H groups in total. The second-order valence-corrected chi connectivity index (χ2v) is 7.29. The first-order valence-corrected chi connectivity index (χ1v) is 10.7. The predicted molar refractivity (Wildman–Crippen MR) is 117 cm³/mol. The second-order valence-electron chi connectivity index (χ2n) is 6.54. The molecule has 0 saturated heterocycles. The van der Waals surface area contributed by atoms with Crippen molar-refractivity contribution in [3.8, 4) is 5.75 Å². The van der Waals surface area contributed by atoms with Gasteiger partial charge < -0.3 is 4.74 Å². The van der Waals surface area contributed by atoms with E-state index in [1.54, 1.807) is 6.92 Å². The number of rotatable bonds is 9. The van der Waals surface area contributed by atoms with Crippen molar-refractivity contribution in [2.45, 2.75) is 46.0 Å². The summed E-state index contributed by atoms with van der Waals surface area (Å²) in [7, 11) is 0. The molecule has 0 aromatic heterocycles. The van der Waals surface area contributed by atoms with Gasteiger partial charge in [-0.1, -0.05) is 50.1 Å². The van der Waals surface area contributed by atoms with E-state index in [0.29, 0.717) is 23.6 Å². The van der Waals surface area contributed by atoms with Crippen LogP contribution in [0.2, 0.25) is 0 Å². The zero-order chi connectivity index (χ0) is 21.6. The molecule has 0 spiro atoms. The van der Waals surface area contributed by atoms with E-state index < -0.39 is 11.8 Å². The van der Waals surface area contributed by atoms with Gasteiger partial charge in [-0.25, -0.2) is 4.39 Å². The maximum absolute atomic E-state index is 14.1. The molecule has 158 valence electrons. The average Bonchev–Trinajstić information content (AvgIpc) is 2.73. The number of carbonyl (C=O) groups is 2. The van der Waals surface area contributed by atoms with Crippen LogP contribution >= 0.6 is 23.2 Å². The highest BCUT2D eigenvalue weighted by Crippen LogP contribution is 2.25. The molecule has 0 radical (unpaired) electrons. The number of unbranched alkanes of at least 4 members (excludes halogenated alkanes) is 2. The third-order valence-corrected chi connectivity index (χ3v) is 4.75. The molecule has 0 fully saturated rings. The summed E-state index contributed by atoms with van der Waals surface area (Å²) in [5.74, 6) is -0.449. The number of hydrogen-bond donors (Lipinski definition) is 0. The van der Waals surface area contributed by atoms with Gasteiger partial charge in [0.1, 0.15) is 0 Å². The number of hydrogen-bond acceptors (Lipinski definition) is 3. The first-order chi connectivity index (χ1) is 14.0. The Balaban J connectivity index is 0.000000960. The Kier molecular flexibility index (Phi) is 12.2. The highest BCUT2D eigenvalue weighted by atomic mass is 35.5. The molecule has 6 heteroatoms. The van der Waals surface area contributed by atoms with Crippen LogP contribution in [0, 0.1) is 12.7 Å². The van der Waals surface area contributed by atoms with E-state index in [4.69, 9.17) is 27.9 Å². The average molecular weight is 441 g/mol. The van der Waals surface area contributed by atoms with Gasteiger partial charge in [0.2, 0.25) is 0 Å². The molecule has 2 aromatic carbocycles. The summed E-state index contributed by atoms with van der Waals surface area (Å²) in [5, 5.41) is 0. The zero-order valence-corrected chi connectivity index (χ0v) is 18.4. The molecule has 2 aromatic rings. The molecule has 0 aliphatic carbocycles. The third-order valence-electron chi connectivity index (χ3n) is 4.18. The maximum atomic E-state index is 14.1. The topological polar surface area (TPSA) is 43.4 Å². The lowest BCUT2D eigenvalue weighted by Crippen LogP contribution is -2.14. The number of ether oxygens (including phenoxy) is 1. The van der Waals surface area contributed by atoms with Gasteiger partial charge in [-0.3, -0.25) is 9.59 Å². The largest absolute Gasteiger partial charge is 0.422 e. The molecule has 0 atom stereocenters. The SMILES string of the molecule is CCCCCc1ccc(CC(=O)Oc2c(C=O)ccc(C)c2F)cc1.ClCCCl. The zero-order valence-electron chi connectivity index (χ0n) is 16.8. The number of aldehydes is 1. The van der Waals surface area contributed by atoms with Crippen molar-refractivity contribution in [2.75, 3.05) is 11.8 Å². The van der Waals surface area contributed by atoms with Crippen LogP contribution in [0.15, 0.2) is 36.4 Å². The molecule has 0 saturated carbocycles. The first kappa shape index (κ1) is 25.1. The van der Waals surface area contributed by atoms with Crippen LogP contribution in [0.1, 0.15) is 53.2 Å². The molecule has 2 rings (SSSR count). The van der Waals surface area contributed by atoms with Crippen LogP contribution in [-0.2, 0) is 17.6 Å². The van der Waals surface area contributed by atoms with E-state index in [0.717, 1.165) is 18.4 Å². The quantitative estimate of drug-likeness (QED) is 0.151. The van der Waals surface area contributed by atoms with Crippen LogP contribution in [0.5, 0.6) is 5.75 Å². The lowest BCUT2D eigenvalue weighted by atomic mass is 10.0. The standard InChI is InChI=1S/C21H23FO3.C2H4Cl2/c1-3-4-5-6-16-8-10-17(11-9-16)13-19(24)25-21-18(14-23)12-7-15(2)20(21)22;3-1-2-4/h7-12,14H,3-6,13H2,1-2H3;1-2H2. The Morgan fingerprint density at radius 2 is 1.66 bits per heavy atom. The summed E-state index contributed by atoms with van der Waals surface area (Å²) >= 11 is 10.1. The fraction of sp³-hybridized carbons (Fsp3) is 0.391. The van der Waals surface area contributed by atoms with Gasteiger partial charge in [-0.05, 0) is 42.5 Å². The minimum atomic E-state index is -0.677. The summed E-state index contributed by atoms with van der Waals surface area (Å²) in [6, 6.07) is 10.7. The molecule has 0 aliphatic heterocycles. The van der Waals surface area contributed by atoms with Crippen molar-refractivity contribution in [1.29, 1.82) is 0 Å². The van der Waals surface area contributed by atoms with Crippen LogP contribution in [0.25, 0.3) is 0 Å². The normalized spacial score (nSPS) is 10.1. The summed E-state index contributed by atoms with van der Waals surface area (Å²) in [6.07, 6.45) is 5.07. The molecule has 0 bridgehead atoms. The number of carbonyl (C=O) groups excluding carboxylic acids is 2. The maximum Gasteiger partial charge on any atom is 0.315 e. The summed E-state index contributed by atoms with van der Waals surface area (Å²) < 4.78 is 19.2. The van der Waals surface area contributed by atoms with Crippen molar-refractivity contribution in [3.63, 3.8) is 0 Å². The van der Waals surface area contributed by atoms with Crippen LogP contribution in [0.4, 0.5) is 4.39 Å². The molecule has 0 aliphatic rings. The lowest BCUT2D eigenvalue weighted by Gasteiger charge is -2.10. The minimum absolute atomic E-state index is 0.0287. The molecule has 0 unspecified atom stereocenters. The van der Waals surface area contributed by atoms with E-state index in [-0.39, 0.29) is 17.7 Å². The molecular weight excluding hydrogens is 414 g/mol. The highest BCUT2D eigenvalue weighted by molar-refractivity contribution is 6.25. The molecular formula is C23H27Cl2FO3. The minimum Gasteiger partial charge on any atom is -0.422 e. The number of halogens is 3. The molecule has 0 heterocycles. The smallest absolute Gasteiger partial charge is 0.315 e. The van der Waals surface area contributed by atoms with Crippen LogP contribution in [0.3, 0.4) is 0 Å². The van der Waals surface area contributed by atoms with Crippen molar-refractivity contribution in [3.05, 3.63) is 64.5 Å². The summed E-state index contributed by atoms with van der Waals surface area (Å²) in [4.78, 5) is 23.1. The van der Waals surface area contributed by atoms with E-state index in [1.807, 2.05) is 24.3 Å². The highest BCUT2D eigenvalue weighted by Gasteiger charge is 2.16. The molecule has 0 amide bonds. The van der Waals surface area contributed by atoms with Gasteiger partial charge >= 0.3 is 5.97 Å². The number of aryl methyl sites for hydroxylation is 2. The predicted octanol–water partition coefficient (Wildman–Crippen LogP) is 6.29. The number of benzene rings is 2. The van der Waals surface area contributed by atoms with Gasteiger partial charge in [0.05, 0.1) is 12.0 Å². The monoisotopic (exact) mass is 440 g/mol. The Morgan fingerprint density at radius 1 is 1.03 bits per heavy atom. The molecule has 29 heavy (non-hydrogen) atoms. The van der Waals surface area contributed by atoms with Crippen molar-refractivity contribution >= 4 is 35.5 Å². The van der Waals surface area contributed by atoms with E-state index in [2.05, 4.69) is 6.92 Å². The fourth-order valence-corrected chi connectivity index (χ4v) is 2.59. The van der Waals surface area contributed by atoms with Gasteiger partial charge in [-0.2, -0.15) is 0 Å². The Labute approximate surface area is 182 Å². The Hall–Kier alpha value is -1.91. The first-order valence-electron chi connectivity index (χ1n) is 9.61. The van der Waals surface area contributed by atoms with E-state index in [1.165, 1.54) is 30.5 Å². The number of alkyl halides is 2. The third kappa shape index (κ3) is 8.97. The van der Waals surface area contributed by atoms with Crippen molar-refractivity contribution in [1.82, 2.24) is 0 Å². The van der Waals surface area contributed by atoms with Crippen molar-refractivity contribution < 1.29 is 18.7 Å². The van der Waals surface area contributed by atoms with Crippen molar-refractivity contribution in [2.24, 2.45) is 0 Å². The Bertz CT molecular complexity index is 774. The van der Waals surface area contributed by atoms with Gasteiger partial charge in [0, 0.05) is 11.8 Å². The Morgan fingerprint density at radius 3 is 2.21 bits per heavy atom. The lowest BCUT2D eigenvalue weighted by molar-refractivity contribution is -0.133. The molecule has 3 nitrogen and oxygen atoms in total. The van der Waals surface area contributed by atoms with Crippen LogP contribution in [-0.4, -0.2) is 24.0 Å². The van der Waals surface area contributed by atoms with Crippen LogP contribution < -0.4 is 4.74 Å². The van der Waals surface area contributed by atoms with E-state index >= 15 is 0 Å². The second kappa shape index (κ2) is 14.1. The van der Waals surface area contributed by atoms with Gasteiger partial charge in [0.25, 0.3) is 0 Å². The fourth-order valence-electron chi connectivity index (χ4n) is 2.59. The van der Waals surface area contributed by atoms with Gasteiger partial charge in [-0.15, -0.1) is 23.2 Å². The van der Waals surface area contributed by atoms with Gasteiger partial charge in [0.15, 0.2) is 17.9 Å². The number of esters is 1. The summed E-state index contributed by atoms with van der Waals surface area (Å²) in [5.41, 5.74) is 2.39. The van der Waals surface area contributed by atoms with E-state index in [9.17, 15) is 14.0 Å². The summed E-state index contributed by atoms with van der Waals surface area (Å²) in [6.45, 7) is 3.72.